The van der Waals surface area contributed by atoms with Crippen LogP contribution in [0.1, 0.15) is 11.1 Å². The Morgan fingerprint density at radius 2 is 1.92 bits per heavy atom. The number of nitrogens with one attached hydrogen (secondary N) is 2. The summed E-state index contributed by atoms with van der Waals surface area (Å²) in [6.45, 7) is 0.339. The van der Waals surface area contributed by atoms with E-state index in [9.17, 15) is 4.79 Å². The van der Waals surface area contributed by atoms with E-state index in [4.69, 9.17) is 33.3 Å². The van der Waals surface area contributed by atoms with Gasteiger partial charge >= 0.3 is 0 Å². The third-order valence-electron chi connectivity index (χ3n) is 3.25. The molecule has 0 atom stereocenters. The predicted molar refractivity (Wildman–Crippen MR) is 98.7 cm³/mol. The minimum Gasteiger partial charge on any atom is -0.489 e. The lowest BCUT2D eigenvalue weighted by atomic mass is 10.2. The van der Waals surface area contributed by atoms with Crippen molar-refractivity contribution in [1.29, 1.82) is 5.41 Å². The summed E-state index contributed by atoms with van der Waals surface area (Å²) in [5, 5.41) is 11.2. The van der Waals surface area contributed by atoms with Crippen LogP contribution in [0.25, 0.3) is 6.08 Å². The summed E-state index contributed by atoms with van der Waals surface area (Å²) in [7, 11) is 0. The lowest BCUT2D eigenvalue weighted by Gasteiger charge is -2.08. The maximum atomic E-state index is 11.6. The largest absolute Gasteiger partial charge is 0.489 e. The van der Waals surface area contributed by atoms with Gasteiger partial charge in [-0.2, -0.15) is 0 Å². The first kappa shape index (κ1) is 16.9. The van der Waals surface area contributed by atoms with Crippen LogP contribution in [0.4, 0.5) is 0 Å². The van der Waals surface area contributed by atoms with Crippen LogP contribution in [0.5, 0.6) is 5.75 Å². The Labute approximate surface area is 153 Å². The van der Waals surface area contributed by atoms with Crippen molar-refractivity contribution in [2.24, 2.45) is 0 Å². The SMILES string of the molecule is N=C1NC(=O)/C(=C/c2ccc(OCc3ccc(Cl)cc3Cl)cc2)S1. The van der Waals surface area contributed by atoms with Crippen molar-refractivity contribution in [2.75, 3.05) is 0 Å². The van der Waals surface area contributed by atoms with Crippen molar-refractivity contribution in [1.82, 2.24) is 5.32 Å². The first-order valence-electron chi connectivity index (χ1n) is 6.97. The number of amidine groups is 1. The molecule has 0 bridgehead atoms. The summed E-state index contributed by atoms with van der Waals surface area (Å²) in [6, 6.07) is 12.6. The van der Waals surface area contributed by atoms with Gasteiger partial charge in [0.2, 0.25) is 0 Å². The monoisotopic (exact) mass is 378 g/mol. The van der Waals surface area contributed by atoms with Crippen molar-refractivity contribution in [3.8, 4) is 5.75 Å². The van der Waals surface area contributed by atoms with Gasteiger partial charge in [0, 0.05) is 15.6 Å². The van der Waals surface area contributed by atoms with Gasteiger partial charge in [-0.25, -0.2) is 0 Å². The summed E-state index contributed by atoms with van der Waals surface area (Å²) in [4.78, 5) is 12.1. The van der Waals surface area contributed by atoms with Crippen molar-refractivity contribution < 1.29 is 9.53 Å². The minimum absolute atomic E-state index is 0.144. The van der Waals surface area contributed by atoms with Crippen LogP contribution in [0.15, 0.2) is 47.4 Å². The summed E-state index contributed by atoms with van der Waals surface area (Å²) in [5.74, 6) is 0.446. The normalized spacial score (nSPS) is 15.7. The molecule has 2 N–H and O–H groups in total. The van der Waals surface area contributed by atoms with Gasteiger partial charge in [-0.3, -0.25) is 10.2 Å². The average molecular weight is 379 g/mol. The molecule has 2 aromatic rings. The van der Waals surface area contributed by atoms with Gasteiger partial charge in [-0.1, -0.05) is 41.4 Å². The molecule has 0 unspecified atom stereocenters. The van der Waals surface area contributed by atoms with Crippen LogP contribution in [0, 0.1) is 5.41 Å². The fourth-order valence-electron chi connectivity index (χ4n) is 2.05. The summed E-state index contributed by atoms with van der Waals surface area (Å²) in [5.41, 5.74) is 1.71. The van der Waals surface area contributed by atoms with Crippen LogP contribution >= 0.6 is 35.0 Å². The van der Waals surface area contributed by atoms with E-state index < -0.39 is 0 Å². The third-order valence-corrected chi connectivity index (χ3v) is 4.67. The van der Waals surface area contributed by atoms with Gasteiger partial charge in [0.15, 0.2) is 5.17 Å². The topological polar surface area (TPSA) is 62.2 Å². The maximum absolute atomic E-state index is 11.6. The number of carbonyl (C=O) groups is 1. The zero-order valence-corrected chi connectivity index (χ0v) is 14.6. The first-order chi connectivity index (χ1) is 11.5. The fraction of sp³-hybridized carbons (Fsp3) is 0.0588. The van der Waals surface area contributed by atoms with Gasteiger partial charge in [0.1, 0.15) is 12.4 Å². The smallest absolute Gasteiger partial charge is 0.264 e. The van der Waals surface area contributed by atoms with Crippen molar-refractivity contribution in [3.63, 3.8) is 0 Å². The van der Waals surface area contributed by atoms with Crippen molar-refractivity contribution >= 4 is 52.1 Å². The van der Waals surface area contributed by atoms with Crippen LogP contribution in [0.2, 0.25) is 10.0 Å². The minimum atomic E-state index is -0.247. The molecule has 3 rings (SSSR count). The van der Waals surface area contributed by atoms with Gasteiger partial charge in [0.25, 0.3) is 5.91 Å². The van der Waals surface area contributed by atoms with E-state index in [0.29, 0.717) is 27.3 Å². The highest BCUT2D eigenvalue weighted by Crippen LogP contribution is 2.26. The number of rotatable bonds is 4. The fourth-order valence-corrected chi connectivity index (χ4v) is 3.22. The van der Waals surface area contributed by atoms with Crippen LogP contribution < -0.4 is 10.1 Å². The highest BCUT2D eigenvalue weighted by Gasteiger charge is 2.21. The molecule has 122 valence electrons. The Hall–Kier alpha value is -1.95. The molecule has 1 saturated heterocycles. The second-order valence-corrected chi connectivity index (χ2v) is 6.88. The molecular weight excluding hydrogens is 367 g/mol. The lowest BCUT2D eigenvalue weighted by Crippen LogP contribution is -2.18. The Kier molecular flexibility index (Phi) is 5.14. The van der Waals surface area contributed by atoms with E-state index in [-0.39, 0.29) is 11.1 Å². The first-order valence-corrected chi connectivity index (χ1v) is 8.55. The Morgan fingerprint density at radius 1 is 1.17 bits per heavy atom. The van der Waals surface area contributed by atoms with Crippen molar-refractivity contribution in [3.05, 3.63) is 68.5 Å². The van der Waals surface area contributed by atoms with Gasteiger partial charge in [-0.05, 0) is 47.7 Å². The van der Waals surface area contributed by atoms with Crippen molar-refractivity contribution in [2.45, 2.75) is 6.61 Å². The Balaban J connectivity index is 1.65. The molecule has 4 nitrogen and oxygen atoms in total. The number of carbonyl (C=O) groups excluding carboxylic acids is 1. The molecule has 7 heteroatoms. The van der Waals surface area contributed by atoms with E-state index in [2.05, 4.69) is 5.32 Å². The molecule has 0 saturated carbocycles. The second kappa shape index (κ2) is 7.30. The van der Waals surface area contributed by atoms with E-state index >= 15 is 0 Å². The molecule has 1 fully saturated rings. The predicted octanol–water partition coefficient (Wildman–Crippen LogP) is 4.71. The van der Waals surface area contributed by atoms with Crippen LogP contribution in [-0.4, -0.2) is 11.1 Å². The van der Waals surface area contributed by atoms with E-state index in [1.54, 1.807) is 18.2 Å². The number of hydrogen-bond acceptors (Lipinski definition) is 4. The molecule has 1 aliphatic heterocycles. The number of benzene rings is 2. The number of amides is 1. The highest BCUT2D eigenvalue weighted by molar-refractivity contribution is 8.18. The Bertz CT molecular complexity index is 835. The molecule has 0 radical (unpaired) electrons. The number of thioether (sulfide) groups is 1. The summed E-state index contributed by atoms with van der Waals surface area (Å²) < 4.78 is 5.71. The zero-order valence-electron chi connectivity index (χ0n) is 12.3. The second-order valence-electron chi connectivity index (χ2n) is 4.99. The zero-order chi connectivity index (χ0) is 17.1. The van der Waals surface area contributed by atoms with Crippen LogP contribution in [0.3, 0.4) is 0 Å². The van der Waals surface area contributed by atoms with E-state index in [1.165, 1.54) is 0 Å². The van der Waals surface area contributed by atoms with Gasteiger partial charge in [0.05, 0.1) is 4.91 Å². The summed E-state index contributed by atoms with van der Waals surface area (Å²) in [6.07, 6.45) is 1.74. The van der Waals surface area contributed by atoms with Gasteiger partial charge < -0.3 is 10.1 Å². The highest BCUT2D eigenvalue weighted by atomic mass is 35.5. The van der Waals surface area contributed by atoms with E-state index in [1.807, 2.05) is 30.3 Å². The lowest BCUT2D eigenvalue weighted by molar-refractivity contribution is -0.115. The molecule has 1 heterocycles. The molecule has 0 spiro atoms. The van der Waals surface area contributed by atoms with E-state index in [0.717, 1.165) is 22.9 Å². The molecule has 0 aliphatic carbocycles. The molecule has 1 amide bonds. The molecule has 0 aromatic heterocycles. The molecule has 2 aromatic carbocycles. The quantitative estimate of drug-likeness (QED) is 0.757. The number of halogens is 2. The summed E-state index contributed by atoms with van der Waals surface area (Å²) >= 11 is 13.1. The number of hydrogen-bond donors (Lipinski definition) is 2. The Morgan fingerprint density at radius 3 is 2.54 bits per heavy atom. The average Bonchev–Trinajstić information content (AvgIpc) is 2.85. The standard InChI is InChI=1S/C17H12Cl2N2O2S/c18-12-4-3-11(14(19)8-12)9-23-13-5-1-10(2-6-13)7-15-16(22)21-17(20)24-15/h1-8H,9H2,(H2,20,21,22)/b15-7-. The van der Waals surface area contributed by atoms with Crippen LogP contribution in [-0.2, 0) is 11.4 Å². The molecule has 1 aliphatic rings. The maximum Gasteiger partial charge on any atom is 0.264 e. The number of ether oxygens (including phenoxy) is 1. The third kappa shape index (κ3) is 4.12. The van der Waals surface area contributed by atoms with Gasteiger partial charge in [-0.15, -0.1) is 0 Å². The molecular formula is C17H12Cl2N2O2S. The molecule has 24 heavy (non-hydrogen) atoms.